The molecule has 0 radical (unpaired) electrons. The Hall–Kier alpha value is -9.10. The van der Waals surface area contributed by atoms with Gasteiger partial charge in [0.25, 0.3) is 11.8 Å². The molecule has 1 saturated heterocycles. The Morgan fingerprint density at radius 1 is 0.573 bits per heavy atom. The van der Waals surface area contributed by atoms with Crippen LogP contribution in [0, 0.1) is 11.6 Å². The summed E-state index contributed by atoms with van der Waals surface area (Å²) < 4.78 is 73.6. The summed E-state index contributed by atoms with van der Waals surface area (Å²) in [6, 6.07) is 45.8. The second kappa shape index (κ2) is 37.9. The maximum atomic E-state index is 14.6. The summed E-state index contributed by atoms with van der Waals surface area (Å²) in [5.41, 5.74) is 19.9. The third-order valence-corrected chi connectivity index (χ3v) is 16.8. The highest BCUT2D eigenvalue weighted by atomic mass is 19.1. The standard InChI is InChI=1S/C44H56FN3O7.C37H44FN3O7/c1-29(2)40-39(42(50)47-33-11-9-8-10-12-33)38(30-15-19-34(20-16-30)52-26-25-51-24-22-46)41(31-13-17-32(45)18-14-31)48(40)23-21-35-27-36(54-44(6,7)53-35)28-37(49)55-43(3,4)5;1-24(2)35-34(37(46)40-28-6-4-3-5-7-28)33(25-10-14-31(15-11-25)48-21-20-47-19-17-39)36(26-8-12-27(38)13-9-26)41(35)18-16-29(42)22-30(43)23-32(44)45/h8-20,29,35-36H,21-28,46H2,1-7H3,(H,47,50);3-15,24,29-30,42-43H,16-23,39H2,1-2H3,(H,40,46)(H,44,45)/t35-,36-;29-,30-/m11/s1. The minimum absolute atomic E-state index is 0.0902. The third-order valence-electron chi connectivity index (χ3n) is 16.8. The van der Waals surface area contributed by atoms with Gasteiger partial charge in [-0.05, 0) is 185 Å². The van der Waals surface area contributed by atoms with Crippen molar-refractivity contribution < 1.29 is 76.4 Å². The molecule has 552 valence electrons. The van der Waals surface area contributed by atoms with Crippen molar-refractivity contribution in [3.8, 4) is 56.3 Å². The largest absolute Gasteiger partial charge is 0.491 e. The van der Waals surface area contributed by atoms with Crippen molar-refractivity contribution >= 4 is 35.1 Å². The second-order valence-corrected chi connectivity index (χ2v) is 27.4. The topological polar surface area (TPSA) is 280 Å². The van der Waals surface area contributed by atoms with E-state index in [2.05, 4.69) is 29.0 Å². The van der Waals surface area contributed by atoms with Crippen molar-refractivity contribution in [1.82, 2.24) is 9.13 Å². The number of carbonyl (C=O) groups excluding carboxylic acids is 3. The van der Waals surface area contributed by atoms with Crippen molar-refractivity contribution in [2.24, 2.45) is 11.5 Å². The lowest BCUT2D eigenvalue weighted by atomic mass is 9.94. The fraction of sp³-hybridized carbons (Fsp3) is 0.407. The Balaban J connectivity index is 0.000000264. The molecule has 103 heavy (non-hydrogen) atoms. The molecule has 1 aliphatic heterocycles. The van der Waals surface area contributed by atoms with Crippen LogP contribution in [0.5, 0.6) is 11.5 Å². The molecule has 1 fully saturated rings. The van der Waals surface area contributed by atoms with Crippen LogP contribution in [0.1, 0.15) is 145 Å². The van der Waals surface area contributed by atoms with Crippen molar-refractivity contribution in [3.05, 3.63) is 192 Å². The Morgan fingerprint density at radius 3 is 1.40 bits per heavy atom. The lowest BCUT2D eigenvalue weighted by Crippen LogP contribution is -2.46. The molecule has 0 aliphatic carbocycles. The lowest BCUT2D eigenvalue weighted by Gasteiger charge is -2.41. The van der Waals surface area contributed by atoms with Crippen molar-refractivity contribution in [3.63, 3.8) is 0 Å². The number of aliphatic hydroxyl groups is 2. The summed E-state index contributed by atoms with van der Waals surface area (Å²) in [4.78, 5) is 52.8. The molecule has 1 aliphatic rings. The minimum Gasteiger partial charge on any atom is -0.491 e. The number of esters is 1. The number of aromatic nitrogens is 2. The molecule has 20 nitrogen and oxygen atoms in total. The molecule has 4 atom stereocenters. The van der Waals surface area contributed by atoms with Crippen LogP contribution in [0.2, 0.25) is 0 Å². The highest BCUT2D eigenvalue weighted by Crippen LogP contribution is 2.46. The second-order valence-electron chi connectivity index (χ2n) is 27.4. The van der Waals surface area contributed by atoms with Crippen LogP contribution in [0.3, 0.4) is 0 Å². The van der Waals surface area contributed by atoms with Gasteiger partial charge in [0.1, 0.15) is 41.9 Å². The number of carboxylic acid groups (broad SMARTS) is 1. The molecule has 22 heteroatoms. The third kappa shape index (κ3) is 23.2. The fourth-order valence-electron chi connectivity index (χ4n) is 12.8. The van der Waals surface area contributed by atoms with Gasteiger partial charge >= 0.3 is 11.9 Å². The van der Waals surface area contributed by atoms with E-state index in [1.807, 2.05) is 150 Å². The zero-order chi connectivity index (χ0) is 74.4. The number of ether oxygens (including phenoxy) is 7. The van der Waals surface area contributed by atoms with Crippen molar-refractivity contribution in [2.75, 3.05) is 63.4 Å². The summed E-state index contributed by atoms with van der Waals surface area (Å²) in [7, 11) is 0. The molecule has 0 spiro atoms. The Kier molecular flexibility index (Phi) is 29.3. The highest BCUT2D eigenvalue weighted by Gasteiger charge is 2.39. The normalized spacial score (nSPS) is 14.9. The summed E-state index contributed by atoms with van der Waals surface area (Å²) in [6.07, 6.45) is -2.18. The quantitative estimate of drug-likeness (QED) is 0.0146. The number of carbonyl (C=O) groups is 4. The van der Waals surface area contributed by atoms with Gasteiger partial charge in [-0.2, -0.15) is 0 Å². The van der Waals surface area contributed by atoms with E-state index in [1.54, 1.807) is 36.4 Å². The summed E-state index contributed by atoms with van der Waals surface area (Å²) >= 11 is 0. The number of nitrogens with two attached hydrogens (primary N) is 2. The van der Waals surface area contributed by atoms with Gasteiger partial charge in [-0.3, -0.25) is 19.2 Å². The molecule has 0 saturated carbocycles. The van der Waals surface area contributed by atoms with Crippen LogP contribution in [-0.4, -0.2) is 137 Å². The number of nitrogens with one attached hydrogen (secondary N) is 2. The van der Waals surface area contributed by atoms with Crippen LogP contribution < -0.4 is 31.6 Å². The number of rotatable bonds is 34. The number of hydrogen-bond acceptors (Lipinski definition) is 15. The van der Waals surface area contributed by atoms with E-state index < -0.39 is 47.9 Å². The van der Waals surface area contributed by atoms with Crippen molar-refractivity contribution in [1.29, 1.82) is 0 Å². The smallest absolute Gasteiger partial charge is 0.308 e. The van der Waals surface area contributed by atoms with Gasteiger partial charge in [-0.1, -0.05) is 88.4 Å². The lowest BCUT2D eigenvalue weighted by molar-refractivity contribution is -0.301. The number of benzene rings is 6. The van der Waals surface area contributed by atoms with Gasteiger partial charge in [-0.15, -0.1) is 0 Å². The van der Waals surface area contributed by atoms with Crippen LogP contribution in [0.25, 0.3) is 44.8 Å². The van der Waals surface area contributed by atoms with Crippen LogP contribution in [-0.2, 0) is 46.4 Å². The number of carboxylic acids is 1. The minimum atomic E-state index is -1.21. The molecule has 0 unspecified atom stereocenters. The first-order chi connectivity index (χ1) is 49.2. The number of aliphatic carboxylic acids is 1. The first kappa shape index (κ1) is 79.6. The highest BCUT2D eigenvalue weighted by molar-refractivity contribution is 6.13. The number of nitrogens with zero attached hydrogens (tertiary/aromatic N) is 2. The van der Waals surface area contributed by atoms with Crippen LogP contribution in [0.15, 0.2) is 158 Å². The van der Waals surface area contributed by atoms with Gasteiger partial charge in [0, 0.05) is 66.5 Å². The van der Waals surface area contributed by atoms with Crippen molar-refractivity contribution in [2.45, 2.75) is 162 Å². The molecular weight excluding hydrogens is 1320 g/mol. The number of hydrogen-bond donors (Lipinski definition) is 7. The average Bonchev–Trinajstić information content (AvgIpc) is 1.60. The Labute approximate surface area is 602 Å². The zero-order valence-corrected chi connectivity index (χ0v) is 60.4. The summed E-state index contributed by atoms with van der Waals surface area (Å²) in [5, 5.41) is 36.2. The molecule has 2 aromatic heterocycles. The number of anilines is 2. The molecule has 8 aromatic rings. The van der Waals surface area contributed by atoms with E-state index >= 15 is 0 Å². The van der Waals surface area contributed by atoms with Gasteiger partial charge < -0.3 is 79.7 Å². The molecular formula is C81H100F2N6O14. The number of para-hydroxylation sites is 2. The van der Waals surface area contributed by atoms with E-state index in [0.717, 1.165) is 33.6 Å². The molecule has 6 aromatic carbocycles. The number of amides is 2. The predicted molar refractivity (Wildman–Crippen MR) is 395 cm³/mol. The molecule has 2 amide bonds. The van der Waals surface area contributed by atoms with Gasteiger partial charge in [-0.25, -0.2) is 8.78 Å². The van der Waals surface area contributed by atoms with E-state index in [4.69, 9.17) is 49.7 Å². The molecule has 9 N–H and O–H groups in total. The van der Waals surface area contributed by atoms with Crippen LogP contribution in [0.4, 0.5) is 20.2 Å². The first-order valence-electron chi connectivity index (χ1n) is 35.2. The number of aliphatic hydroxyl groups excluding tert-OH is 2. The van der Waals surface area contributed by atoms with Crippen LogP contribution >= 0.6 is 0 Å². The molecule has 9 rings (SSSR count). The predicted octanol–water partition coefficient (Wildman–Crippen LogP) is 14.4. The monoisotopic (exact) mass is 1420 g/mol. The van der Waals surface area contributed by atoms with E-state index in [-0.39, 0.29) is 67.3 Å². The first-order valence-corrected chi connectivity index (χ1v) is 35.2. The van der Waals surface area contributed by atoms with E-state index in [1.165, 1.54) is 24.3 Å². The van der Waals surface area contributed by atoms with Gasteiger partial charge in [0.05, 0.1) is 86.2 Å². The summed E-state index contributed by atoms with van der Waals surface area (Å²) in [5.74, 6) is -2.77. The maximum Gasteiger partial charge on any atom is 0.308 e. The fourth-order valence-corrected chi connectivity index (χ4v) is 12.8. The zero-order valence-electron chi connectivity index (χ0n) is 60.4. The van der Waals surface area contributed by atoms with Gasteiger partial charge in [0.2, 0.25) is 0 Å². The Morgan fingerprint density at radius 2 is 0.990 bits per heavy atom. The molecule has 0 bridgehead atoms. The van der Waals surface area contributed by atoms with Gasteiger partial charge in [0.15, 0.2) is 5.79 Å². The number of halogens is 2. The average molecular weight is 1420 g/mol. The maximum absolute atomic E-state index is 14.6. The Bertz CT molecular complexity index is 4010. The SMILES string of the molecule is CC(C)c1c(C(=O)Nc2ccccc2)c(-c2ccc(OCCOCCN)cc2)c(-c2ccc(F)cc2)n1CC[C@@H](O)C[C@@H](O)CC(=O)O.CC(C)c1c(C(=O)Nc2ccccc2)c(-c2ccc(OCCOCCN)cc2)c(-c2ccc(F)cc2)n1CC[C@@H]1C[C@H](CC(=O)OC(C)(C)C)OC(C)(C)O1. The van der Waals surface area contributed by atoms with E-state index in [9.17, 15) is 38.2 Å². The molecule has 3 heterocycles. The van der Waals surface area contributed by atoms with E-state index in [0.29, 0.717) is 129 Å². The summed E-state index contributed by atoms with van der Waals surface area (Å²) in [6.45, 7) is 21.3.